The number of oxime groups is 1. The van der Waals surface area contributed by atoms with Crippen molar-refractivity contribution in [3.8, 4) is 11.5 Å². The topological polar surface area (TPSA) is 79.1 Å². The molecule has 0 spiro atoms. The van der Waals surface area contributed by atoms with E-state index in [0.717, 1.165) is 0 Å². The molecule has 0 atom stereocenters. The van der Waals surface area contributed by atoms with Crippen molar-refractivity contribution in [3.63, 3.8) is 0 Å². The maximum Gasteiger partial charge on any atom is 0.331 e. The van der Waals surface area contributed by atoms with Crippen molar-refractivity contribution in [2.45, 2.75) is 20.3 Å². The molecular formula is C11H13NO4. The number of rotatable bonds is 3. The Bertz CT molecular complexity index is 406. The Balaban J connectivity index is 3.13. The van der Waals surface area contributed by atoms with Crippen LogP contribution in [0.4, 0.5) is 0 Å². The van der Waals surface area contributed by atoms with Crippen molar-refractivity contribution in [2.24, 2.45) is 5.16 Å². The third-order valence-electron chi connectivity index (χ3n) is 1.93. The molecule has 0 radical (unpaired) electrons. The van der Waals surface area contributed by atoms with Crippen molar-refractivity contribution in [2.75, 3.05) is 0 Å². The number of carbonyl (C=O) groups is 1. The van der Waals surface area contributed by atoms with Gasteiger partial charge in [-0.05, 0) is 18.6 Å². The van der Waals surface area contributed by atoms with Crippen LogP contribution in [-0.2, 0) is 9.63 Å². The van der Waals surface area contributed by atoms with Crippen molar-refractivity contribution in [3.05, 3.63) is 23.8 Å². The van der Waals surface area contributed by atoms with E-state index in [1.54, 1.807) is 6.92 Å². The second-order valence-corrected chi connectivity index (χ2v) is 3.15. The van der Waals surface area contributed by atoms with Gasteiger partial charge in [0.1, 0.15) is 11.5 Å². The summed E-state index contributed by atoms with van der Waals surface area (Å²) in [6.45, 7) is 3.00. The van der Waals surface area contributed by atoms with Gasteiger partial charge in [0.15, 0.2) is 0 Å². The van der Waals surface area contributed by atoms with Crippen LogP contribution in [0, 0.1) is 0 Å². The quantitative estimate of drug-likeness (QED) is 0.465. The van der Waals surface area contributed by atoms with Gasteiger partial charge in [-0.15, -0.1) is 0 Å². The fourth-order valence-corrected chi connectivity index (χ4v) is 1.23. The first kappa shape index (κ1) is 12.0. The van der Waals surface area contributed by atoms with Gasteiger partial charge in [-0.25, -0.2) is 4.79 Å². The van der Waals surface area contributed by atoms with Crippen LogP contribution in [0.2, 0.25) is 0 Å². The molecule has 0 aliphatic heterocycles. The molecular weight excluding hydrogens is 210 g/mol. The highest BCUT2D eigenvalue weighted by Crippen LogP contribution is 2.28. The minimum atomic E-state index is -0.555. The van der Waals surface area contributed by atoms with Gasteiger partial charge in [-0.3, -0.25) is 0 Å². The number of hydrogen-bond donors (Lipinski definition) is 2. The molecule has 1 aromatic carbocycles. The summed E-state index contributed by atoms with van der Waals surface area (Å²) >= 11 is 0. The second kappa shape index (κ2) is 5.16. The van der Waals surface area contributed by atoms with Crippen molar-refractivity contribution >= 4 is 11.7 Å². The third-order valence-corrected chi connectivity index (χ3v) is 1.93. The molecule has 16 heavy (non-hydrogen) atoms. The summed E-state index contributed by atoms with van der Waals surface area (Å²) in [6, 6.07) is 4.36. The third kappa shape index (κ3) is 2.73. The highest BCUT2D eigenvalue weighted by atomic mass is 16.7. The van der Waals surface area contributed by atoms with Crippen LogP contribution in [-0.4, -0.2) is 21.9 Å². The summed E-state index contributed by atoms with van der Waals surface area (Å²) < 4.78 is 0. The second-order valence-electron chi connectivity index (χ2n) is 3.15. The lowest BCUT2D eigenvalue weighted by Crippen LogP contribution is -2.03. The summed E-state index contributed by atoms with van der Waals surface area (Å²) in [7, 11) is 0. The molecule has 0 aliphatic rings. The number of phenolic OH excluding ortho intramolecular Hbond substituents is 2. The number of phenols is 2. The molecule has 86 valence electrons. The fourth-order valence-electron chi connectivity index (χ4n) is 1.23. The van der Waals surface area contributed by atoms with E-state index < -0.39 is 5.97 Å². The number of aromatic hydroxyl groups is 2. The minimum absolute atomic E-state index is 0.104. The van der Waals surface area contributed by atoms with Crippen LogP contribution in [0.3, 0.4) is 0 Å². The van der Waals surface area contributed by atoms with E-state index in [0.29, 0.717) is 12.1 Å². The molecule has 0 aliphatic carbocycles. The molecule has 0 saturated carbocycles. The molecule has 0 unspecified atom stereocenters. The Morgan fingerprint density at radius 2 is 1.94 bits per heavy atom. The summed E-state index contributed by atoms with van der Waals surface area (Å²) in [6.07, 6.45) is 0.415. The average molecular weight is 223 g/mol. The van der Waals surface area contributed by atoms with Crippen molar-refractivity contribution < 1.29 is 19.8 Å². The monoisotopic (exact) mass is 223 g/mol. The van der Waals surface area contributed by atoms with Crippen LogP contribution in [0.1, 0.15) is 25.8 Å². The Hall–Kier alpha value is -2.04. The highest BCUT2D eigenvalue weighted by Gasteiger charge is 2.13. The Kier molecular flexibility index (Phi) is 3.88. The van der Waals surface area contributed by atoms with Gasteiger partial charge < -0.3 is 15.1 Å². The normalized spacial score (nSPS) is 11.2. The summed E-state index contributed by atoms with van der Waals surface area (Å²) in [4.78, 5) is 15.1. The fraction of sp³-hybridized carbons (Fsp3) is 0.273. The molecule has 0 aromatic heterocycles. The predicted molar refractivity (Wildman–Crippen MR) is 58.4 cm³/mol. The SMILES string of the molecule is CC/C(=N/OC(C)=O)c1c(O)cccc1O. The lowest BCUT2D eigenvalue weighted by molar-refractivity contribution is -0.140. The predicted octanol–water partition coefficient (Wildman–Crippen LogP) is 1.77. The Labute approximate surface area is 93.0 Å². The van der Waals surface area contributed by atoms with Gasteiger partial charge in [0.25, 0.3) is 0 Å². The number of hydrogen-bond acceptors (Lipinski definition) is 5. The zero-order valence-corrected chi connectivity index (χ0v) is 9.10. The number of nitrogens with zero attached hydrogens (tertiary/aromatic N) is 1. The molecule has 0 heterocycles. The van der Waals surface area contributed by atoms with E-state index in [4.69, 9.17) is 0 Å². The lowest BCUT2D eigenvalue weighted by Gasteiger charge is -2.07. The van der Waals surface area contributed by atoms with Crippen LogP contribution < -0.4 is 0 Å². The largest absolute Gasteiger partial charge is 0.507 e. The van der Waals surface area contributed by atoms with Gasteiger partial charge in [-0.2, -0.15) is 0 Å². The Morgan fingerprint density at radius 1 is 1.38 bits per heavy atom. The maximum absolute atomic E-state index is 10.6. The van der Waals surface area contributed by atoms with Gasteiger partial charge in [0.2, 0.25) is 0 Å². The molecule has 5 nitrogen and oxygen atoms in total. The van der Waals surface area contributed by atoms with Crippen LogP contribution >= 0.6 is 0 Å². The first-order chi connectivity index (χ1) is 7.56. The molecule has 0 amide bonds. The Morgan fingerprint density at radius 3 is 2.38 bits per heavy atom. The molecule has 2 N–H and O–H groups in total. The summed E-state index contributed by atoms with van der Waals surface area (Å²) in [5, 5.41) is 22.7. The molecule has 0 bridgehead atoms. The zero-order chi connectivity index (χ0) is 12.1. The first-order valence-corrected chi connectivity index (χ1v) is 4.82. The molecule has 5 heteroatoms. The summed E-state index contributed by atoms with van der Waals surface area (Å²) in [5.74, 6) is -0.763. The summed E-state index contributed by atoms with van der Waals surface area (Å²) in [5.41, 5.74) is 0.497. The van der Waals surface area contributed by atoms with E-state index >= 15 is 0 Å². The molecule has 1 rings (SSSR count). The zero-order valence-electron chi connectivity index (χ0n) is 9.10. The van der Waals surface area contributed by atoms with E-state index in [2.05, 4.69) is 9.99 Å². The van der Waals surface area contributed by atoms with Crippen molar-refractivity contribution in [1.82, 2.24) is 0 Å². The smallest absolute Gasteiger partial charge is 0.331 e. The van der Waals surface area contributed by atoms with E-state index in [9.17, 15) is 15.0 Å². The van der Waals surface area contributed by atoms with Crippen LogP contribution in [0.25, 0.3) is 0 Å². The first-order valence-electron chi connectivity index (χ1n) is 4.82. The maximum atomic E-state index is 10.6. The van der Waals surface area contributed by atoms with Crippen molar-refractivity contribution in [1.29, 1.82) is 0 Å². The van der Waals surface area contributed by atoms with Gasteiger partial charge in [0, 0.05) is 6.92 Å². The van der Waals surface area contributed by atoms with Crippen LogP contribution in [0.15, 0.2) is 23.4 Å². The number of carbonyl (C=O) groups excluding carboxylic acids is 1. The lowest BCUT2D eigenvalue weighted by atomic mass is 10.1. The average Bonchev–Trinajstić information content (AvgIpc) is 2.22. The molecule has 0 saturated heterocycles. The molecule has 0 fully saturated rings. The minimum Gasteiger partial charge on any atom is -0.507 e. The van der Waals surface area contributed by atoms with E-state index in [-0.39, 0.29) is 17.1 Å². The highest BCUT2D eigenvalue weighted by molar-refractivity contribution is 6.04. The van der Waals surface area contributed by atoms with Gasteiger partial charge in [-0.1, -0.05) is 18.1 Å². The van der Waals surface area contributed by atoms with E-state index in [1.165, 1.54) is 25.1 Å². The number of benzene rings is 1. The standard InChI is InChI=1S/C11H13NO4/c1-3-8(12-16-7(2)13)11-9(14)5-4-6-10(11)15/h4-6,14-15H,3H2,1-2H3/b12-8-. The van der Waals surface area contributed by atoms with Crippen LogP contribution in [0.5, 0.6) is 11.5 Å². The van der Waals surface area contributed by atoms with E-state index in [1.807, 2.05) is 0 Å². The molecule has 1 aromatic rings. The van der Waals surface area contributed by atoms with Gasteiger partial charge in [0.05, 0.1) is 11.3 Å². The van der Waals surface area contributed by atoms with Gasteiger partial charge >= 0.3 is 5.97 Å².